The fraction of sp³-hybridized carbons (Fsp3) is 0.111. The minimum atomic E-state index is -0.412. The van der Waals surface area contributed by atoms with E-state index in [1.54, 1.807) is 37.5 Å². The van der Waals surface area contributed by atoms with E-state index in [4.69, 9.17) is 4.74 Å². The molecule has 0 bridgehead atoms. The number of aliphatic hydroxyl groups is 1. The molecule has 1 N–H and O–H groups in total. The average molecular weight is 341 g/mol. The molecule has 5 nitrogen and oxygen atoms in total. The fourth-order valence-electron chi connectivity index (χ4n) is 2.21. The van der Waals surface area contributed by atoms with E-state index in [1.807, 2.05) is 18.2 Å². The zero-order valence-corrected chi connectivity index (χ0v) is 14.0. The zero-order chi connectivity index (χ0) is 17.1. The minimum Gasteiger partial charge on any atom is -0.507 e. The lowest BCUT2D eigenvalue weighted by Gasteiger charge is -2.02. The Labute approximate surface area is 142 Å². The summed E-state index contributed by atoms with van der Waals surface area (Å²) in [6, 6.07) is 12.2. The predicted octanol–water partition coefficient (Wildman–Crippen LogP) is 4.15. The molecule has 0 spiro atoms. The Hall–Kier alpha value is -2.86. The van der Waals surface area contributed by atoms with Crippen LogP contribution in [0.1, 0.15) is 20.9 Å². The van der Waals surface area contributed by atoms with Crippen molar-refractivity contribution < 1.29 is 19.4 Å². The van der Waals surface area contributed by atoms with Crippen LogP contribution in [0.5, 0.6) is 5.75 Å². The van der Waals surface area contributed by atoms with E-state index in [9.17, 15) is 9.90 Å². The lowest BCUT2D eigenvalue weighted by Crippen LogP contribution is -2.00. The van der Waals surface area contributed by atoms with Crippen molar-refractivity contribution in [3.05, 3.63) is 58.6 Å². The van der Waals surface area contributed by atoms with Crippen LogP contribution in [-0.4, -0.2) is 30.3 Å². The molecule has 0 aliphatic rings. The number of aliphatic hydroxyl groups excluding tert-OH is 1. The van der Waals surface area contributed by atoms with E-state index < -0.39 is 5.97 Å². The van der Waals surface area contributed by atoms with E-state index in [1.165, 1.54) is 18.4 Å². The van der Waals surface area contributed by atoms with Crippen molar-refractivity contribution in [1.29, 1.82) is 0 Å². The number of thiazole rings is 1. The third-order valence-corrected chi connectivity index (χ3v) is 4.46. The van der Waals surface area contributed by atoms with Gasteiger partial charge in [-0.15, -0.1) is 11.3 Å². The number of ether oxygens (including phenoxy) is 2. The standard InChI is InChI=1S/C18H15NO4S/c1-22-13-7-8-16-14(9-13)19-17(24-16)10-15(20)11-3-5-12(6-4-11)18(21)23-2/h3-10,20H,1-2H3. The fourth-order valence-corrected chi connectivity index (χ4v) is 3.09. The summed E-state index contributed by atoms with van der Waals surface area (Å²) in [6.07, 6.45) is 1.60. The van der Waals surface area contributed by atoms with Gasteiger partial charge in [0.25, 0.3) is 0 Å². The maximum absolute atomic E-state index is 11.4. The lowest BCUT2D eigenvalue weighted by atomic mass is 10.1. The molecule has 0 unspecified atom stereocenters. The number of aromatic nitrogens is 1. The maximum Gasteiger partial charge on any atom is 0.337 e. The smallest absolute Gasteiger partial charge is 0.337 e. The monoisotopic (exact) mass is 341 g/mol. The minimum absolute atomic E-state index is 0.0810. The molecule has 24 heavy (non-hydrogen) atoms. The third-order valence-electron chi connectivity index (χ3n) is 3.47. The van der Waals surface area contributed by atoms with Crippen LogP contribution in [0.25, 0.3) is 22.1 Å². The number of methoxy groups -OCH3 is 2. The summed E-state index contributed by atoms with van der Waals surface area (Å²) in [6.45, 7) is 0. The number of benzene rings is 2. The number of hydrogen-bond donors (Lipinski definition) is 1. The molecule has 2 aromatic carbocycles. The van der Waals surface area contributed by atoms with Crippen LogP contribution >= 0.6 is 11.3 Å². The highest BCUT2D eigenvalue weighted by Crippen LogP contribution is 2.28. The van der Waals surface area contributed by atoms with Crippen molar-refractivity contribution in [1.82, 2.24) is 4.98 Å². The molecule has 0 radical (unpaired) electrons. The van der Waals surface area contributed by atoms with E-state index in [0.29, 0.717) is 16.1 Å². The van der Waals surface area contributed by atoms with Crippen LogP contribution in [0.4, 0.5) is 0 Å². The van der Waals surface area contributed by atoms with Gasteiger partial charge in [-0.05, 0) is 24.3 Å². The van der Waals surface area contributed by atoms with Crippen LogP contribution in [0, 0.1) is 0 Å². The number of nitrogens with zero attached hydrogens (tertiary/aromatic N) is 1. The second kappa shape index (κ2) is 6.72. The highest BCUT2D eigenvalue weighted by atomic mass is 32.1. The van der Waals surface area contributed by atoms with Crippen molar-refractivity contribution in [3.63, 3.8) is 0 Å². The number of fused-ring (bicyclic) bond motifs is 1. The summed E-state index contributed by atoms with van der Waals surface area (Å²) in [4.78, 5) is 15.9. The van der Waals surface area contributed by atoms with Crippen molar-refractivity contribution in [2.45, 2.75) is 0 Å². The number of carbonyl (C=O) groups excluding carboxylic acids is 1. The van der Waals surface area contributed by atoms with Gasteiger partial charge in [-0.1, -0.05) is 12.1 Å². The summed E-state index contributed by atoms with van der Waals surface area (Å²) < 4.78 is 10.8. The maximum atomic E-state index is 11.4. The third kappa shape index (κ3) is 3.23. The molecule has 1 aromatic heterocycles. The van der Waals surface area contributed by atoms with E-state index in [-0.39, 0.29) is 5.76 Å². The van der Waals surface area contributed by atoms with Gasteiger partial charge in [0.15, 0.2) is 0 Å². The Balaban J connectivity index is 1.88. The Morgan fingerprint density at radius 3 is 2.50 bits per heavy atom. The number of esters is 1. The first-order valence-electron chi connectivity index (χ1n) is 7.14. The largest absolute Gasteiger partial charge is 0.507 e. The molecule has 0 aliphatic carbocycles. The molecular formula is C18H15NO4S. The second-order valence-electron chi connectivity index (χ2n) is 4.98. The molecule has 122 valence electrons. The van der Waals surface area contributed by atoms with Gasteiger partial charge >= 0.3 is 5.97 Å². The summed E-state index contributed by atoms with van der Waals surface area (Å²) in [5.41, 5.74) is 1.85. The molecule has 3 rings (SSSR count). The molecule has 0 saturated heterocycles. The van der Waals surface area contributed by atoms with Gasteiger partial charge in [0, 0.05) is 17.7 Å². The lowest BCUT2D eigenvalue weighted by molar-refractivity contribution is 0.0600. The van der Waals surface area contributed by atoms with Crippen molar-refractivity contribution >= 4 is 39.4 Å². The molecule has 1 heterocycles. The Bertz CT molecular complexity index is 912. The molecular weight excluding hydrogens is 326 g/mol. The van der Waals surface area contributed by atoms with Crippen LogP contribution in [-0.2, 0) is 4.74 Å². The normalized spacial score (nSPS) is 11.5. The quantitative estimate of drug-likeness (QED) is 0.570. The Morgan fingerprint density at radius 2 is 1.83 bits per heavy atom. The zero-order valence-electron chi connectivity index (χ0n) is 13.1. The summed E-state index contributed by atoms with van der Waals surface area (Å²) in [5.74, 6) is 0.411. The second-order valence-corrected chi connectivity index (χ2v) is 6.05. The number of hydrogen-bond acceptors (Lipinski definition) is 6. The molecule has 0 aliphatic heterocycles. The van der Waals surface area contributed by atoms with Crippen molar-refractivity contribution in [2.24, 2.45) is 0 Å². The van der Waals surface area contributed by atoms with E-state index >= 15 is 0 Å². The summed E-state index contributed by atoms with van der Waals surface area (Å²) in [5, 5.41) is 11.0. The molecule has 0 amide bonds. The summed E-state index contributed by atoms with van der Waals surface area (Å²) in [7, 11) is 2.94. The summed E-state index contributed by atoms with van der Waals surface area (Å²) >= 11 is 1.47. The molecule has 0 atom stereocenters. The van der Waals surface area contributed by atoms with Crippen LogP contribution in [0.15, 0.2) is 42.5 Å². The predicted molar refractivity (Wildman–Crippen MR) is 94.5 cm³/mol. The average Bonchev–Trinajstić information content (AvgIpc) is 3.02. The molecule has 6 heteroatoms. The van der Waals surface area contributed by atoms with Crippen LogP contribution in [0.3, 0.4) is 0 Å². The first-order valence-corrected chi connectivity index (χ1v) is 7.96. The molecule has 0 fully saturated rings. The SMILES string of the molecule is COC(=O)c1ccc(C(O)=Cc2nc3cc(OC)ccc3s2)cc1. The first-order chi connectivity index (χ1) is 11.6. The number of carbonyl (C=O) groups is 1. The van der Waals surface area contributed by atoms with E-state index in [0.717, 1.165) is 16.0 Å². The van der Waals surface area contributed by atoms with E-state index in [2.05, 4.69) is 9.72 Å². The van der Waals surface area contributed by atoms with Gasteiger partial charge < -0.3 is 14.6 Å². The van der Waals surface area contributed by atoms with Gasteiger partial charge in [-0.25, -0.2) is 9.78 Å². The Kier molecular flexibility index (Phi) is 4.48. The number of rotatable bonds is 4. The van der Waals surface area contributed by atoms with Crippen molar-refractivity contribution in [2.75, 3.05) is 14.2 Å². The highest BCUT2D eigenvalue weighted by molar-refractivity contribution is 7.19. The van der Waals surface area contributed by atoms with Crippen LogP contribution in [0.2, 0.25) is 0 Å². The first kappa shape index (κ1) is 16.0. The topological polar surface area (TPSA) is 68.7 Å². The highest BCUT2D eigenvalue weighted by Gasteiger charge is 2.08. The molecule has 0 saturated carbocycles. The van der Waals surface area contributed by atoms with Crippen molar-refractivity contribution in [3.8, 4) is 5.75 Å². The van der Waals surface area contributed by atoms with Crippen LogP contribution < -0.4 is 4.74 Å². The van der Waals surface area contributed by atoms with Gasteiger partial charge in [-0.2, -0.15) is 0 Å². The van der Waals surface area contributed by atoms with Gasteiger partial charge in [0.05, 0.1) is 30.0 Å². The van der Waals surface area contributed by atoms with Gasteiger partial charge in [0.1, 0.15) is 16.5 Å². The molecule has 3 aromatic rings. The van der Waals surface area contributed by atoms with Gasteiger partial charge in [-0.3, -0.25) is 0 Å². The van der Waals surface area contributed by atoms with Gasteiger partial charge in [0.2, 0.25) is 0 Å². The Morgan fingerprint density at radius 1 is 1.12 bits per heavy atom.